The van der Waals surface area contributed by atoms with Crippen LogP contribution in [0.1, 0.15) is 56.0 Å². The molecule has 0 radical (unpaired) electrons. The lowest BCUT2D eigenvalue weighted by atomic mass is 9.87. The Morgan fingerprint density at radius 1 is 1.04 bits per heavy atom. The van der Waals surface area contributed by atoms with Crippen molar-refractivity contribution < 1.29 is 4.79 Å². The number of amides is 1. The topological polar surface area (TPSA) is 32.3 Å². The molecule has 0 aromatic heterocycles. The van der Waals surface area contributed by atoms with Gasteiger partial charge in [0.25, 0.3) is 5.91 Å². The summed E-state index contributed by atoms with van der Waals surface area (Å²) in [4.78, 5) is 14.6. The predicted octanol–water partition coefficient (Wildman–Crippen LogP) is 4.90. The molecule has 1 aliphatic rings. The van der Waals surface area contributed by atoms with E-state index in [2.05, 4.69) is 26.1 Å². The molecule has 6 heteroatoms. The zero-order valence-corrected chi connectivity index (χ0v) is 16.7. The van der Waals surface area contributed by atoms with Gasteiger partial charge in [-0.25, -0.2) is 0 Å². The van der Waals surface area contributed by atoms with Crippen LogP contribution in [0.3, 0.4) is 0 Å². The minimum Gasteiger partial charge on any atom is -0.332 e. The summed E-state index contributed by atoms with van der Waals surface area (Å²) in [5.74, 6) is -0.225. The number of benzene rings is 1. The highest BCUT2D eigenvalue weighted by Crippen LogP contribution is 2.33. The van der Waals surface area contributed by atoms with Crippen molar-refractivity contribution in [3.05, 3.63) is 35.4 Å². The van der Waals surface area contributed by atoms with E-state index in [-0.39, 0.29) is 11.3 Å². The van der Waals surface area contributed by atoms with Gasteiger partial charge in [-0.3, -0.25) is 9.69 Å². The molecule has 24 heavy (non-hydrogen) atoms. The van der Waals surface area contributed by atoms with Gasteiger partial charge in [-0.15, -0.1) is 0 Å². The quantitative estimate of drug-likeness (QED) is 0.744. The summed E-state index contributed by atoms with van der Waals surface area (Å²) < 4.78 is -1.57. The SMILES string of the molecule is CC(C)(C)c1ccc(C(=O)NC(N2CCCCC2)C(Cl)(Cl)Cl)cc1. The fourth-order valence-corrected chi connectivity index (χ4v) is 3.46. The van der Waals surface area contributed by atoms with Gasteiger partial charge < -0.3 is 5.32 Å². The average molecular weight is 392 g/mol. The molecule has 0 aliphatic carbocycles. The average Bonchev–Trinajstić information content (AvgIpc) is 2.51. The van der Waals surface area contributed by atoms with E-state index in [9.17, 15) is 4.79 Å². The van der Waals surface area contributed by atoms with Crippen LogP contribution in [-0.4, -0.2) is 33.9 Å². The molecule has 1 fully saturated rings. The molecule has 0 saturated carbocycles. The second-order valence-corrected chi connectivity index (χ2v) is 9.71. The molecule has 1 saturated heterocycles. The molecule has 0 bridgehead atoms. The van der Waals surface area contributed by atoms with Gasteiger partial charge in [0.1, 0.15) is 6.17 Å². The van der Waals surface area contributed by atoms with Crippen LogP contribution in [0.25, 0.3) is 0 Å². The van der Waals surface area contributed by atoms with Crippen LogP contribution in [0.4, 0.5) is 0 Å². The third kappa shape index (κ3) is 5.26. The molecule has 134 valence electrons. The van der Waals surface area contributed by atoms with Crippen LogP contribution in [0.2, 0.25) is 0 Å². The predicted molar refractivity (Wildman–Crippen MR) is 102 cm³/mol. The number of piperidine rings is 1. The number of hydrogen-bond acceptors (Lipinski definition) is 2. The van der Waals surface area contributed by atoms with E-state index in [1.165, 1.54) is 12.0 Å². The Kier molecular flexibility index (Phi) is 6.46. The monoisotopic (exact) mass is 390 g/mol. The Hall–Kier alpha value is -0.480. The Balaban J connectivity index is 2.12. The largest absolute Gasteiger partial charge is 0.332 e. The van der Waals surface area contributed by atoms with Gasteiger partial charge >= 0.3 is 0 Å². The minimum atomic E-state index is -1.57. The number of hydrogen-bond donors (Lipinski definition) is 1. The zero-order chi connectivity index (χ0) is 18.0. The fourth-order valence-electron chi connectivity index (χ4n) is 2.89. The molecule has 1 aliphatic heterocycles. The fraction of sp³-hybridized carbons (Fsp3) is 0.611. The highest BCUT2D eigenvalue weighted by atomic mass is 35.6. The Bertz CT molecular complexity index is 555. The van der Waals surface area contributed by atoms with Crippen LogP contribution < -0.4 is 5.32 Å². The van der Waals surface area contributed by atoms with Gasteiger partial charge in [-0.1, -0.05) is 74.1 Å². The van der Waals surface area contributed by atoms with Gasteiger partial charge in [0.2, 0.25) is 3.79 Å². The number of carbonyl (C=O) groups excluding carboxylic acids is 1. The van der Waals surface area contributed by atoms with Crippen molar-refractivity contribution in [1.82, 2.24) is 10.2 Å². The molecule has 1 heterocycles. The van der Waals surface area contributed by atoms with E-state index in [0.29, 0.717) is 5.56 Å². The molecule has 1 unspecified atom stereocenters. The van der Waals surface area contributed by atoms with Gasteiger partial charge in [0, 0.05) is 18.7 Å². The van der Waals surface area contributed by atoms with E-state index in [1.807, 2.05) is 29.2 Å². The molecular formula is C18H25Cl3N2O. The van der Waals surface area contributed by atoms with Crippen molar-refractivity contribution in [3.63, 3.8) is 0 Å². The lowest BCUT2D eigenvalue weighted by Gasteiger charge is -2.38. The first-order valence-corrected chi connectivity index (χ1v) is 9.44. The molecule has 1 amide bonds. The van der Waals surface area contributed by atoms with E-state index in [0.717, 1.165) is 25.9 Å². The highest BCUT2D eigenvalue weighted by molar-refractivity contribution is 6.68. The summed E-state index contributed by atoms with van der Waals surface area (Å²) in [5.41, 5.74) is 1.79. The summed E-state index contributed by atoms with van der Waals surface area (Å²) in [7, 11) is 0. The van der Waals surface area contributed by atoms with Crippen molar-refractivity contribution in [2.24, 2.45) is 0 Å². The van der Waals surface area contributed by atoms with Crippen molar-refractivity contribution in [3.8, 4) is 0 Å². The first kappa shape index (κ1) is 19.8. The number of nitrogens with zero attached hydrogens (tertiary/aromatic N) is 1. The Morgan fingerprint density at radius 2 is 1.58 bits per heavy atom. The smallest absolute Gasteiger partial charge is 0.252 e. The number of rotatable bonds is 3. The van der Waals surface area contributed by atoms with Gasteiger partial charge in [0.05, 0.1) is 0 Å². The number of alkyl halides is 3. The maximum absolute atomic E-state index is 12.6. The summed E-state index contributed by atoms with van der Waals surface area (Å²) in [6.45, 7) is 8.05. The van der Waals surface area contributed by atoms with Crippen molar-refractivity contribution >= 4 is 40.7 Å². The van der Waals surface area contributed by atoms with Crippen LogP contribution in [-0.2, 0) is 5.41 Å². The molecule has 2 rings (SSSR count). The van der Waals surface area contributed by atoms with E-state index >= 15 is 0 Å². The maximum atomic E-state index is 12.6. The summed E-state index contributed by atoms with van der Waals surface area (Å²) in [6, 6.07) is 7.59. The number of carbonyl (C=O) groups is 1. The van der Waals surface area contributed by atoms with Crippen molar-refractivity contribution in [2.75, 3.05) is 13.1 Å². The standard InChI is InChI=1S/C18H25Cl3N2O/c1-17(2,3)14-9-7-13(8-10-14)15(24)22-16(18(19,20)21)23-11-5-4-6-12-23/h7-10,16H,4-6,11-12H2,1-3H3,(H,22,24). The molecule has 1 atom stereocenters. The second-order valence-electron chi connectivity index (χ2n) is 7.34. The number of nitrogens with one attached hydrogen (secondary N) is 1. The van der Waals surface area contributed by atoms with Crippen molar-refractivity contribution in [1.29, 1.82) is 0 Å². The first-order valence-electron chi connectivity index (χ1n) is 8.31. The molecular weight excluding hydrogens is 367 g/mol. The van der Waals surface area contributed by atoms with Crippen LogP contribution in [0.15, 0.2) is 24.3 Å². The molecule has 1 aromatic carbocycles. The Labute approximate surface area is 159 Å². The molecule has 3 nitrogen and oxygen atoms in total. The normalized spacial score (nSPS) is 18.2. The Morgan fingerprint density at radius 3 is 2.04 bits per heavy atom. The molecule has 1 N–H and O–H groups in total. The van der Waals surface area contributed by atoms with Gasteiger partial charge in [-0.05, 0) is 36.0 Å². The lowest BCUT2D eigenvalue weighted by molar-refractivity contribution is 0.0819. The second kappa shape index (κ2) is 7.82. The zero-order valence-electron chi connectivity index (χ0n) is 14.4. The van der Waals surface area contributed by atoms with Crippen molar-refractivity contribution in [2.45, 2.75) is 55.4 Å². The van der Waals surface area contributed by atoms with Crippen LogP contribution >= 0.6 is 34.8 Å². The maximum Gasteiger partial charge on any atom is 0.252 e. The minimum absolute atomic E-state index is 0.0446. The summed E-state index contributed by atoms with van der Waals surface area (Å²) in [5, 5.41) is 2.89. The van der Waals surface area contributed by atoms with E-state index in [4.69, 9.17) is 34.8 Å². The number of likely N-dealkylation sites (tertiary alicyclic amines) is 1. The third-order valence-electron chi connectivity index (χ3n) is 4.35. The molecule has 0 spiro atoms. The van der Waals surface area contributed by atoms with Gasteiger partial charge in [-0.2, -0.15) is 0 Å². The molecule has 1 aromatic rings. The van der Waals surface area contributed by atoms with E-state index < -0.39 is 9.96 Å². The van der Waals surface area contributed by atoms with Crippen LogP contribution in [0.5, 0.6) is 0 Å². The summed E-state index contributed by atoms with van der Waals surface area (Å²) in [6.07, 6.45) is 2.64. The first-order chi connectivity index (χ1) is 11.1. The number of halogens is 3. The summed E-state index contributed by atoms with van der Waals surface area (Å²) >= 11 is 18.4. The van der Waals surface area contributed by atoms with Crippen LogP contribution in [0, 0.1) is 0 Å². The van der Waals surface area contributed by atoms with E-state index in [1.54, 1.807) is 0 Å². The lowest BCUT2D eigenvalue weighted by Crippen LogP contribution is -2.56. The van der Waals surface area contributed by atoms with Gasteiger partial charge in [0.15, 0.2) is 0 Å². The third-order valence-corrected chi connectivity index (χ3v) is 4.97. The highest BCUT2D eigenvalue weighted by Gasteiger charge is 2.39.